The second-order valence-corrected chi connectivity index (χ2v) is 6.65. The molecule has 0 radical (unpaired) electrons. The molecule has 1 atom stereocenters. The van der Waals surface area contributed by atoms with Crippen LogP contribution < -0.4 is 10.6 Å². The van der Waals surface area contributed by atoms with Crippen molar-refractivity contribution in [2.24, 2.45) is 0 Å². The van der Waals surface area contributed by atoms with Crippen LogP contribution in [0, 0.1) is 0 Å². The molecule has 0 spiro atoms. The quantitative estimate of drug-likeness (QED) is 0.739. The van der Waals surface area contributed by atoms with E-state index in [1.54, 1.807) is 11.8 Å². The Morgan fingerprint density at radius 3 is 3.20 bits per heavy atom. The third-order valence-corrected chi connectivity index (χ3v) is 4.94. The summed E-state index contributed by atoms with van der Waals surface area (Å²) >= 11 is 2.86. The van der Waals surface area contributed by atoms with Gasteiger partial charge < -0.3 is 5.32 Å². The molecule has 0 saturated carbocycles. The molecule has 2 N–H and O–H groups in total. The predicted octanol–water partition coefficient (Wildman–Crippen LogP) is 1.27. The summed E-state index contributed by atoms with van der Waals surface area (Å²) in [5.74, 6) is 0.976. The Balaban J connectivity index is 1.77. The van der Waals surface area contributed by atoms with E-state index in [0.29, 0.717) is 17.7 Å². The molecule has 2 rings (SSSR count). The minimum absolute atomic E-state index is 0.0254. The van der Waals surface area contributed by atoms with Crippen molar-refractivity contribution < 1.29 is 4.79 Å². The highest BCUT2D eigenvalue weighted by Gasteiger charge is 2.21. The van der Waals surface area contributed by atoms with Crippen LogP contribution in [0.1, 0.15) is 19.8 Å². The molecular weight excluding hydrogens is 294 g/mol. The maximum Gasteiger partial charge on any atom is 0.240 e. The van der Waals surface area contributed by atoms with Crippen LogP contribution in [0.4, 0.5) is 5.13 Å². The Morgan fingerprint density at radius 2 is 2.50 bits per heavy atom. The zero-order valence-corrected chi connectivity index (χ0v) is 13.5. The molecule has 1 fully saturated rings. The van der Waals surface area contributed by atoms with Crippen molar-refractivity contribution in [3.63, 3.8) is 0 Å². The third kappa shape index (κ3) is 4.69. The Bertz CT molecular complexity index is 433. The van der Waals surface area contributed by atoms with Crippen LogP contribution in [0.25, 0.3) is 0 Å². The van der Waals surface area contributed by atoms with Crippen molar-refractivity contribution >= 4 is 34.3 Å². The van der Waals surface area contributed by atoms with Crippen LogP contribution in [0.2, 0.25) is 0 Å². The molecular formula is C12H21N5OS2. The number of carbonyl (C=O) groups excluding carboxylic acids is 1. The fourth-order valence-corrected chi connectivity index (χ4v) is 3.46. The first kappa shape index (κ1) is 15.7. The Hall–Kier alpha value is -0.700. The third-order valence-electron chi connectivity index (χ3n) is 3.14. The average molecular weight is 315 g/mol. The molecule has 112 valence electrons. The van der Waals surface area contributed by atoms with Crippen LogP contribution in [0.15, 0.2) is 5.16 Å². The van der Waals surface area contributed by atoms with Crippen molar-refractivity contribution in [3.8, 4) is 0 Å². The van der Waals surface area contributed by atoms with Gasteiger partial charge in [-0.15, -0.1) is 0 Å². The molecule has 1 saturated heterocycles. The maximum atomic E-state index is 12.0. The smallest absolute Gasteiger partial charge is 0.240 e. The van der Waals surface area contributed by atoms with Crippen LogP contribution in [0.5, 0.6) is 0 Å². The molecule has 6 nitrogen and oxygen atoms in total. The number of likely N-dealkylation sites (N-methyl/N-ethyl adjacent to an activating group) is 1. The molecule has 0 aromatic carbocycles. The van der Waals surface area contributed by atoms with E-state index in [4.69, 9.17) is 0 Å². The monoisotopic (exact) mass is 315 g/mol. The summed E-state index contributed by atoms with van der Waals surface area (Å²) in [6, 6.07) is 0.450. The second kappa shape index (κ2) is 7.92. The molecule has 1 aliphatic heterocycles. The minimum Gasteiger partial charge on any atom is -0.315 e. The van der Waals surface area contributed by atoms with E-state index in [1.807, 2.05) is 7.05 Å². The van der Waals surface area contributed by atoms with Gasteiger partial charge in [0.25, 0.3) is 0 Å². The van der Waals surface area contributed by atoms with E-state index < -0.39 is 0 Å². The summed E-state index contributed by atoms with van der Waals surface area (Å²) in [6.07, 6.45) is 2.19. The first-order valence-corrected chi connectivity index (χ1v) is 8.62. The van der Waals surface area contributed by atoms with Crippen LogP contribution in [0.3, 0.4) is 0 Å². The van der Waals surface area contributed by atoms with Gasteiger partial charge in [-0.1, -0.05) is 18.7 Å². The molecule has 0 aliphatic carbocycles. The summed E-state index contributed by atoms with van der Waals surface area (Å²) in [6.45, 7) is 4.50. The lowest BCUT2D eigenvalue weighted by Crippen LogP contribution is -2.39. The van der Waals surface area contributed by atoms with Gasteiger partial charge in [0.15, 0.2) is 0 Å². The molecule has 1 aromatic rings. The minimum atomic E-state index is -0.0254. The molecule has 2 heterocycles. The normalized spacial score (nSPS) is 18.6. The highest BCUT2D eigenvalue weighted by atomic mass is 32.2. The number of rotatable bonds is 7. The number of thioether (sulfide) groups is 1. The predicted molar refractivity (Wildman–Crippen MR) is 83.5 cm³/mol. The largest absolute Gasteiger partial charge is 0.315 e. The highest BCUT2D eigenvalue weighted by Crippen LogP contribution is 2.20. The lowest BCUT2D eigenvalue weighted by molar-refractivity contribution is -0.117. The summed E-state index contributed by atoms with van der Waals surface area (Å²) in [4.78, 5) is 18.3. The van der Waals surface area contributed by atoms with Crippen LogP contribution in [-0.4, -0.2) is 58.6 Å². The van der Waals surface area contributed by atoms with E-state index in [0.717, 1.165) is 36.8 Å². The number of hydrogen-bond donors (Lipinski definition) is 2. The van der Waals surface area contributed by atoms with Gasteiger partial charge in [-0.3, -0.25) is 15.0 Å². The maximum absolute atomic E-state index is 12.0. The lowest BCUT2D eigenvalue weighted by atomic mass is 10.2. The fourth-order valence-electron chi connectivity index (χ4n) is 2.04. The van der Waals surface area contributed by atoms with Crippen LogP contribution in [-0.2, 0) is 4.79 Å². The van der Waals surface area contributed by atoms with E-state index in [2.05, 4.69) is 31.8 Å². The van der Waals surface area contributed by atoms with E-state index in [-0.39, 0.29) is 5.91 Å². The fraction of sp³-hybridized carbons (Fsp3) is 0.750. The SMILES string of the molecule is CCCSc1nsc(NC(=O)CN(C)C2CCNC2)n1. The lowest BCUT2D eigenvalue weighted by Gasteiger charge is -2.22. The molecule has 1 amide bonds. The highest BCUT2D eigenvalue weighted by molar-refractivity contribution is 7.99. The Labute approximate surface area is 127 Å². The van der Waals surface area contributed by atoms with Gasteiger partial charge in [0.05, 0.1) is 6.54 Å². The molecule has 0 bridgehead atoms. The Kier molecular flexibility index (Phi) is 6.21. The molecule has 8 heteroatoms. The van der Waals surface area contributed by atoms with Crippen molar-refractivity contribution in [3.05, 3.63) is 0 Å². The van der Waals surface area contributed by atoms with Crippen LogP contribution >= 0.6 is 23.3 Å². The van der Waals surface area contributed by atoms with Crippen molar-refractivity contribution in [2.45, 2.75) is 31.0 Å². The molecule has 1 unspecified atom stereocenters. The first-order chi connectivity index (χ1) is 9.69. The first-order valence-electron chi connectivity index (χ1n) is 6.86. The number of amides is 1. The summed E-state index contributed by atoms with van der Waals surface area (Å²) in [7, 11) is 1.99. The van der Waals surface area contributed by atoms with Gasteiger partial charge in [-0.2, -0.15) is 9.36 Å². The second-order valence-electron chi connectivity index (χ2n) is 4.84. The number of hydrogen-bond acceptors (Lipinski definition) is 7. The van der Waals surface area contributed by atoms with Gasteiger partial charge in [0, 0.05) is 29.9 Å². The van der Waals surface area contributed by atoms with E-state index in [9.17, 15) is 4.79 Å². The summed E-state index contributed by atoms with van der Waals surface area (Å²) < 4.78 is 4.22. The standard InChI is InChI=1S/C12H21N5OS2/c1-3-6-19-12-15-11(20-16-12)14-10(18)8-17(2)9-4-5-13-7-9/h9,13H,3-8H2,1-2H3,(H,14,15,16,18). The summed E-state index contributed by atoms with van der Waals surface area (Å²) in [5, 5.41) is 7.47. The van der Waals surface area contributed by atoms with Gasteiger partial charge in [0.1, 0.15) is 0 Å². The topological polar surface area (TPSA) is 70.2 Å². The zero-order valence-electron chi connectivity index (χ0n) is 11.9. The number of anilines is 1. The van der Waals surface area contributed by atoms with Crippen molar-refractivity contribution in [1.82, 2.24) is 19.6 Å². The molecule has 1 aliphatic rings. The zero-order chi connectivity index (χ0) is 14.4. The average Bonchev–Trinajstić information content (AvgIpc) is 3.07. The molecule has 1 aromatic heterocycles. The number of aromatic nitrogens is 2. The van der Waals surface area contributed by atoms with Gasteiger partial charge in [-0.25, -0.2) is 0 Å². The van der Waals surface area contributed by atoms with Crippen molar-refractivity contribution in [1.29, 1.82) is 0 Å². The number of carbonyl (C=O) groups is 1. The Morgan fingerprint density at radius 1 is 1.65 bits per heavy atom. The van der Waals surface area contributed by atoms with E-state index in [1.165, 1.54) is 11.5 Å². The van der Waals surface area contributed by atoms with Crippen molar-refractivity contribution in [2.75, 3.05) is 37.8 Å². The number of nitrogens with one attached hydrogen (secondary N) is 2. The molecule has 20 heavy (non-hydrogen) atoms. The summed E-state index contributed by atoms with van der Waals surface area (Å²) in [5.41, 5.74) is 0. The van der Waals surface area contributed by atoms with Gasteiger partial charge >= 0.3 is 0 Å². The van der Waals surface area contributed by atoms with Gasteiger partial charge in [0.2, 0.25) is 16.2 Å². The number of nitrogens with zero attached hydrogens (tertiary/aromatic N) is 3. The van der Waals surface area contributed by atoms with Gasteiger partial charge in [-0.05, 0) is 26.4 Å². The van der Waals surface area contributed by atoms with E-state index >= 15 is 0 Å².